The number of ether oxygens (including phenoxy) is 1. The standard InChI is InChI=1S/C16H15Cl3N4O2/c17-9-2-1-3-10(18)13(9)14(16(20)24)15-8(6-12(19)22-23-15)11-7-25-5-4-21-11/h1-3,6,11,14,21H,4-5,7H2,(H2,20,24). The van der Waals surface area contributed by atoms with Crippen LogP contribution in [0.1, 0.15) is 28.8 Å². The van der Waals surface area contributed by atoms with Gasteiger partial charge in [-0.15, -0.1) is 5.10 Å². The Bertz CT molecular complexity index is 777. The molecule has 132 valence electrons. The van der Waals surface area contributed by atoms with Crippen molar-refractivity contribution in [3.63, 3.8) is 0 Å². The van der Waals surface area contributed by atoms with Crippen molar-refractivity contribution in [1.29, 1.82) is 0 Å². The number of rotatable bonds is 4. The molecule has 1 saturated heterocycles. The number of hydrogen-bond donors (Lipinski definition) is 2. The lowest BCUT2D eigenvalue weighted by atomic mass is 9.89. The SMILES string of the molecule is NC(=O)C(c1nnc(Cl)cc1C1COCCN1)c1c(Cl)cccc1Cl. The Morgan fingerprint density at radius 3 is 2.60 bits per heavy atom. The van der Waals surface area contributed by atoms with Crippen LogP contribution in [-0.2, 0) is 9.53 Å². The van der Waals surface area contributed by atoms with Crippen molar-refractivity contribution >= 4 is 40.7 Å². The van der Waals surface area contributed by atoms with Gasteiger partial charge in [-0.2, -0.15) is 5.10 Å². The minimum Gasteiger partial charge on any atom is -0.378 e. The van der Waals surface area contributed by atoms with Crippen LogP contribution < -0.4 is 11.1 Å². The molecular weight excluding hydrogens is 387 g/mol. The van der Waals surface area contributed by atoms with Crippen LogP contribution in [0.25, 0.3) is 0 Å². The molecule has 2 heterocycles. The molecule has 0 saturated carbocycles. The Labute approximate surface area is 159 Å². The fraction of sp³-hybridized carbons (Fsp3) is 0.312. The highest BCUT2D eigenvalue weighted by atomic mass is 35.5. The molecule has 2 unspecified atom stereocenters. The summed E-state index contributed by atoms with van der Waals surface area (Å²) in [6.45, 7) is 1.68. The van der Waals surface area contributed by atoms with E-state index in [2.05, 4.69) is 15.5 Å². The van der Waals surface area contributed by atoms with Gasteiger partial charge in [0.1, 0.15) is 5.92 Å². The van der Waals surface area contributed by atoms with E-state index in [9.17, 15) is 4.79 Å². The largest absolute Gasteiger partial charge is 0.378 e. The van der Waals surface area contributed by atoms with Crippen molar-refractivity contribution in [2.45, 2.75) is 12.0 Å². The van der Waals surface area contributed by atoms with Gasteiger partial charge in [-0.3, -0.25) is 4.79 Å². The first kappa shape index (κ1) is 18.4. The van der Waals surface area contributed by atoms with Gasteiger partial charge in [0.25, 0.3) is 0 Å². The van der Waals surface area contributed by atoms with Gasteiger partial charge in [0.05, 0.1) is 24.9 Å². The summed E-state index contributed by atoms with van der Waals surface area (Å²) in [7, 11) is 0. The lowest BCUT2D eigenvalue weighted by Crippen LogP contribution is -2.36. The molecule has 0 radical (unpaired) electrons. The van der Waals surface area contributed by atoms with Crippen molar-refractivity contribution in [2.24, 2.45) is 5.73 Å². The predicted octanol–water partition coefficient (Wildman–Crippen LogP) is 2.71. The average Bonchev–Trinajstić information content (AvgIpc) is 2.59. The third kappa shape index (κ3) is 3.88. The number of primary amides is 1. The van der Waals surface area contributed by atoms with Crippen LogP contribution >= 0.6 is 34.8 Å². The molecular formula is C16H15Cl3N4O2. The maximum Gasteiger partial charge on any atom is 0.231 e. The zero-order chi connectivity index (χ0) is 18.0. The van der Waals surface area contributed by atoms with Gasteiger partial charge in [0.2, 0.25) is 5.91 Å². The quantitative estimate of drug-likeness (QED) is 0.822. The number of morpholine rings is 1. The van der Waals surface area contributed by atoms with Crippen LogP contribution in [0, 0.1) is 0 Å². The molecule has 1 aromatic carbocycles. The number of nitrogens with one attached hydrogen (secondary N) is 1. The summed E-state index contributed by atoms with van der Waals surface area (Å²) in [6.07, 6.45) is 0. The molecule has 6 nitrogen and oxygen atoms in total. The van der Waals surface area contributed by atoms with E-state index in [1.54, 1.807) is 24.3 Å². The molecule has 1 aromatic heterocycles. The van der Waals surface area contributed by atoms with Gasteiger partial charge in [0, 0.05) is 22.2 Å². The van der Waals surface area contributed by atoms with Gasteiger partial charge >= 0.3 is 0 Å². The second-order valence-corrected chi connectivity index (χ2v) is 6.76. The van der Waals surface area contributed by atoms with Gasteiger partial charge in [-0.1, -0.05) is 40.9 Å². The molecule has 3 N–H and O–H groups in total. The lowest BCUT2D eigenvalue weighted by Gasteiger charge is -2.27. The second kappa shape index (κ2) is 7.85. The zero-order valence-corrected chi connectivity index (χ0v) is 15.3. The summed E-state index contributed by atoms with van der Waals surface area (Å²) in [5.41, 5.74) is 7.10. The third-order valence-electron chi connectivity index (χ3n) is 3.97. The molecule has 2 atom stereocenters. The van der Waals surface area contributed by atoms with E-state index >= 15 is 0 Å². The fourth-order valence-electron chi connectivity index (χ4n) is 2.86. The summed E-state index contributed by atoms with van der Waals surface area (Å²) in [6, 6.07) is 6.43. The Morgan fingerprint density at radius 1 is 1.28 bits per heavy atom. The smallest absolute Gasteiger partial charge is 0.231 e. The van der Waals surface area contributed by atoms with Crippen molar-refractivity contribution in [3.8, 4) is 0 Å². The summed E-state index contributed by atoms with van der Waals surface area (Å²) in [5.74, 6) is -1.59. The number of hydrogen-bond acceptors (Lipinski definition) is 5. The van der Waals surface area contributed by atoms with Gasteiger partial charge in [0.15, 0.2) is 5.15 Å². The van der Waals surface area contributed by atoms with Crippen LogP contribution in [0.3, 0.4) is 0 Å². The first-order valence-corrected chi connectivity index (χ1v) is 8.69. The number of halogens is 3. The summed E-state index contributed by atoms with van der Waals surface area (Å²) < 4.78 is 5.50. The van der Waals surface area contributed by atoms with Crippen LogP contribution in [0.2, 0.25) is 15.2 Å². The minimum atomic E-state index is -0.954. The van der Waals surface area contributed by atoms with Crippen LogP contribution in [0.4, 0.5) is 0 Å². The molecule has 1 aliphatic heterocycles. The number of nitrogens with two attached hydrogens (primary N) is 1. The molecule has 1 fully saturated rings. The number of benzene rings is 1. The molecule has 0 bridgehead atoms. The predicted molar refractivity (Wildman–Crippen MR) is 96.1 cm³/mol. The minimum absolute atomic E-state index is 0.195. The molecule has 25 heavy (non-hydrogen) atoms. The third-order valence-corrected chi connectivity index (χ3v) is 4.81. The number of nitrogens with zero attached hydrogens (tertiary/aromatic N) is 2. The molecule has 1 amide bonds. The van der Waals surface area contributed by atoms with Crippen molar-refractivity contribution in [3.05, 3.63) is 56.3 Å². The highest BCUT2D eigenvalue weighted by molar-refractivity contribution is 6.36. The van der Waals surface area contributed by atoms with Gasteiger partial charge < -0.3 is 15.8 Å². The normalized spacial score (nSPS) is 18.8. The first-order chi connectivity index (χ1) is 12.0. The topological polar surface area (TPSA) is 90.1 Å². The van der Waals surface area contributed by atoms with Crippen LogP contribution in [0.5, 0.6) is 0 Å². The molecule has 2 aromatic rings. The van der Waals surface area contributed by atoms with E-state index in [4.69, 9.17) is 45.3 Å². The second-order valence-electron chi connectivity index (χ2n) is 5.56. The van der Waals surface area contributed by atoms with Gasteiger partial charge in [-0.05, 0) is 23.8 Å². The highest BCUT2D eigenvalue weighted by Crippen LogP contribution is 2.37. The van der Waals surface area contributed by atoms with E-state index in [0.29, 0.717) is 46.6 Å². The monoisotopic (exact) mass is 400 g/mol. The van der Waals surface area contributed by atoms with E-state index < -0.39 is 11.8 Å². The number of carbonyl (C=O) groups is 1. The van der Waals surface area contributed by atoms with Gasteiger partial charge in [-0.25, -0.2) is 0 Å². The summed E-state index contributed by atoms with van der Waals surface area (Å²) >= 11 is 18.6. The Morgan fingerprint density at radius 2 is 2.00 bits per heavy atom. The maximum atomic E-state index is 12.3. The Kier molecular flexibility index (Phi) is 5.76. The van der Waals surface area contributed by atoms with E-state index in [-0.39, 0.29) is 11.2 Å². The molecule has 0 aliphatic carbocycles. The van der Waals surface area contributed by atoms with Crippen molar-refractivity contribution < 1.29 is 9.53 Å². The number of aromatic nitrogens is 2. The summed E-state index contributed by atoms with van der Waals surface area (Å²) in [5, 5.41) is 12.2. The van der Waals surface area contributed by atoms with Crippen LogP contribution in [0.15, 0.2) is 24.3 Å². The lowest BCUT2D eigenvalue weighted by molar-refractivity contribution is -0.118. The maximum absolute atomic E-state index is 12.3. The first-order valence-electron chi connectivity index (χ1n) is 7.56. The van der Waals surface area contributed by atoms with Crippen molar-refractivity contribution in [2.75, 3.05) is 19.8 Å². The molecule has 0 spiro atoms. The average molecular weight is 402 g/mol. The Hall–Kier alpha value is -1.44. The van der Waals surface area contributed by atoms with E-state index in [1.165, 1.54) is 0 Å². The highest BCUT2D eigenvalue weighted by Gasteiger charge is 2.32. The van der Waals surface area contributed by atoms with E-state index in [0.717, 1.165) is 0 Å². The zero-order valence-electron chi connectivity index (χ0n) is 13.0. The number of carbonyl (C=O) groups excluding carboxylic acids is 1. The fourth-order valence-corrected chi connectivity index (χ4v) is 3.63. The molecule has 9 heteroatoms. The van der Waals surface area contributed by atoms with Crippen molar-refractivity contribution in [1.82, 2.24) is 15.5 Å². The number of amides is 1. The molecule has 3 rings (SSSR count). The molecule has 1 aliphatic rings. The summed E-state index contributed by atoms with van der Waals surface area (Å²) in [4.78, 5) is 12.3. The van der Waals surface area contributed by atoms with E-state index in [1.807, 2.05) is 0 Å². The Balaban J connectivity index is 2.16. The van der Waals surface area contributed by atoms with Crippen LogP contribution in [-0.4, -0.2) is 35.9 Å².